The summed E-state index contributed by atoms with van der Waals surface area (Å²) in [6.07, 6.45) is 0.302. The summed E-state index contributed by atoms with van der Waals surface area (Å²) < 4.78 is 5.25. The summed E-state index contributed by atoms with van der Waals surface area (Å²) in [5, 5.41) is 5.83. The Balaban J connectivity index is 2.38. The summed E-state index contributed by atoms with van der Waals surface area (Å²) in [5.41, 5.74) is 5.23. The number of carbonyl (C=O) groups is 2. The molecule has 0 bridgehead atoms. The van der Waals surface area contributed by atoms with Crippen LogP contribution in [0.15, 0.2) is 0 Å². The zero-order valence-corrected chi connectivity index (χ0v) is 10.4. The zero-order valence-electron chi connectivity index (χ0n) is 10.4. The van der Waals surface area contributed by atoms with E-state index in [1.54, 1.807) is 0 Å². The number of carbonyl (C=O) groups excluding carboxylic acids is 2. The molecule has 0 aliphatic carbocycles. The first kappa shape index (κ1) is 13.9. The third-order valence-corrected chi connectivity index (χ3v) is 2.72. The maximum atomic E-state index is 11.7. The van der Waals surface area contributed by atoms with Gasteiger partial charge in [0.2, 0.25) is 11.8 Å². The molecule has 2 amide bonds. The Morgan fingerprint density at radius 2 is 2.24 bits per heavy atom. The second-order valence-electron chi connectivity index (χ2n) is 4.62. The second-order valence-corrected chi connectivity index (χ2v) is 4.62. The van der Waals surface area contributed by atoms with E-state index in [0.29, 0.717) is 19.6 Å². The van der Waals surface area contributed by atoms with E-state index in [-0.39, 0.29) is 17.9 Å². The van der Waals surface area contributed by atoms with Gasteiger partial charge in [0.1, 0.15) is 6.04 Å². The van der Waals surface area contributed by atoms with E-state index in [4.69, 9.17) is 10.5 Å². The summed E-state index contributed by atoms with van der Waals surface area (Å²) in [5.74, 6) is -0.682. The predicted octanol–water partition coefficient (Wildman–Crippen LogP) is -1.01. The Kier molecular flexibility index (Phi) is 5.37. The highest BCUT2D eigenvalue weighted by atomic mass is 16.5. The Morgan fingerprint density at radius 1 is 1.53 bits per heavy atom. The Hall–Kier alpha value is -1.14. The second kappa shape index (κ2) is 6.56. The van der Waals surface area contributed by atoms with Crippen molar-refractivity contribution in [3.8, 4) is 0 Å². The lowest BCUT2D eigenvalue weighted by Gasteiger charge is -2.25. The van der Waals surface area contributed by atoms with Crippen molar-refractivity contribution in [2.45, 2.75) is 32.4 Å². The minimum atomic E-state index is -0.605. The fraction of sp³-hybridized carbons (Fsp3) is 0.818. The van der Waals surface area contributed by atoms with Crippen LogP contribution in [0.1, 0.15) is 20.3 Å². The van der Waals surface area contributed by atoms with Crippen molar-refractivity contribution in [3.05, 3.63) is 0 Å². The Bertz CT molecular complexity index is 275. The zero-order chi connectivity index (χ0) is 12.8. The third kappa shape index (κ3) is 4.70. The number of primary amides is 1. The van der Waals surface area contributed by atoms with Crippen LogP contribution < -0.4 is 16.4 Å². The molecule has 0 aromatic carbocycles. The largest absolute Gasteiger partial charge is 0.378 e. The summed E-state index contributed by atoms with van der Waals surface area (Å²) in [4.78, 5) is 22.9. The number of rotatable bonds is 5. The molecule has 4 N–H and O–H groups in total. The molecule has 0 aromatic heterocycles. The molecule has 1 rings (SSSR count). The highest BCUT2D eigenvalue weighted by molar-refractivity contribution is 5.86. The average molecular weight is 243 g/mol. The number of amides is 2. The summed E-state index contributed by atoms with van der Waals surface area (Å²) in [6, 6.07) is -0.587. The Labute approximate surface area is 101 Å². The van der Waals surface area contributed by atoms with Crippen molar-refractivity contribution in [1.29, 1.82) is 0 Å². The molecule has 0 saturated carbocycles. The van der Waals surface area contributed by atoms with Crippen molar-refractivity contribution >= 4 is 11.8 Å². The van der Waals surface area contributed by atoms with Gasteiger partial charge in [-0.1, -0.05) is 13.8 Å². The van der Waals surface area contributed by atoms with Gasteiger partial charge in [-0.25, -0.2) is 0 Å². The fourth-order valence-electron chi connectivity index (χ4n) is 1.77. The number of hydrogen-bond donors (Lipinski definition) is 3. The van der Waals surface area contributed by atoms with Crippen molar-refractivity contribution in [2.24, 2.45) is 11.7 Å². The van der Waals surface area contributed by atoms with Gasteiger partial charge in [-0.05, 0) is 5.92 Å². The van der Waals surface area contributed by atoms with Crippen LogP contribution in [0.2, 0.25) is 0 Å². The van der Waals surface area contributed by atoms with Crippen LogP contribution in [0.4, 0.5) is 0 Å². The van der Waals surface area contributed by atoms with E-state index in [9.17, 15) is 9.59 Å². The van der Waals surface area contributed by atoms with E-state index >= 15 is 0 Å². The summed E-state index contributed by atoms with van der Waals surface area (Å²) in [6.45, 7) is 5.64. The van der Waals surface area contributed by atoms with Gasteiger partial charge in [0, 0.05) is 19.0 Å². The van der Waals surface area contributed by atoms with Gasteiger partial charge in [0.05, 0.1) is 13.2 Å². The molecule has 0 spiro atoms. The van der Waals surface area contributed by atoms with Crippen molar-refractivity contribution in [1.82, 2.24) is 10.6 Å². The van der Waals surface area contributed by atoms with E-state index in [1.165, 1.54) is 0 Å². The van der Waals surface area contributed by atoms with Crippen LogP contribution in [0, 0.1) is 5.92 Å². The van der Waals surface area contributed by atoms with Gasteiger partial charge < -0.3 is 21.1 Å². The van der Waals surface area contributed by atoms with E-state index < -0.39 is 11.9 Å². The maximum Gasteiger partial charge on any atom is 0.240 e. The predicted molar refractivity (Wildman–Crippen MR) is 63.2 cm³/mol. The van der Waals surface area contributed by atoms with Crippen LogP contribution in [0.5, 0.6) is 0 Å². The molecule has 1 saturated heterocycles. The first-order valence-electron chi connectivity index (χ1n) is 5.90. The van der Waals surface area contributed by atoms with Gasteiger partial charge in [-0.2, -0.15) is 0 Å². The molecule has 6 nitrogen and oxygen atoms in total. The van der Waals surface area contributed by atoms with Crippen LogP contribution in [0.3, 0.4) is 0 Å². The van der Waals surface area contributed by atoms with Gasteiger partial charge in [-0.15, -0.1) is 0 Å². The lowest BCUT2D eigenvalue weighted by Crippen LogP contribution is -2.50. The lowest BCUT2D eigenvalue weighted by molar-refractivity contribution is -0.129. The molecule has 2 unspecified atom stereocenters. The van der Waals surface area contributed by atoms with E-state index in [0.717, 1.165) is 6.54 Å². The SMILES string of the molecule is CC(C)C(NC(=O)CC1COCCN1)C(N)=O. The Morgan fingerprint density at radius 3 is 2.71 bits per heavy atom. The van der Waals surface area contributed by atoms with E-state index in [1.807, 2.05) is 13.8 Å². The van der Waals surface area contributed by atoms with Crippen molar-refractivity contribution in [2.75, 3.05) is 19.8 Å². The van der Waals surface area contributed by atoms with Crippen molar-refractivity contribution < 1.29 is 14.3 Å². The molecular weight excluding hydrogens is 222 g/mol. The molecule has 1 aliphatic heterocycles. The minimum absolute atomic E-state index is 0.00739. The first-order valence-corrected chi connectivity index (χ1v) is 5.90. The maximum absolute atomic E-state index is 11.7. The normalized spacial score (nSPS) is 22.2. The lowest BCUT2D eigenvalue weighted by atomic mass is 10.0. The standard InChI is InChI=1S/C11H21N3O3/c1-7(2)10(11(12)16)14-9(15)5-8-6-17-4-3-13-8/h7-8,10,13H,3-6H2,1-2H3,(H2,12,16)(H,14,15). The molecule has 6 heteroatoms. The fourth-order valence-corrected chi connectivity index (χ4v) is 1.77. The molecule has 2 atom stereocenters. The molecule has 0 radical (unpaired) electrons. The van der Waals surface area contributed by atoms with Crippen LogP contribution in [0.25, 0.3) is 0 Å². The van der Waals surface area contributed by atoms with Gasteiger partial charge in [-0.3, -0.25) is 9.59 Å². The quantitative estimate of drug-likeness (QED) is 0.577. The van der Waals surface area contributed by atoms with Crippen LogP contribution in [-0.2, 0) is 14.3 Å². The minimum Gasteiger partial charge on any atom is -0.378 e. The molecule has 1 aliphatic rings. The molecular formula is C11H21N3O3. The van der Waals surface area contributed by atoms with Crippen LogP contribution in [-0.4, -0.2) is 43.7 Å². The smallest absolute Gasteiger partial charge is 0.240 e. The highest BCUT2D eigenvalue weighted by Gasteiger charge is 2.23. The van der Waals surface area contributed by atoms with Gasteiger partial charge in [0.15, 0.2) is 0 Å². The van der Waals surface area contributed by atoms with Crippen LogP contribution >= 0.6 is 0 Å². The molecule has 0 aromatic rings. The summed E-state index contributed by atoms with van der Waals surface area (Å²) >= 11 is 0. The topological polar surface area (TPSA) is 93.4 Å². The van der Waals surface area contributed by atoms with Gasteiger partial charge >= 0.3 is 0 Å². The first-order chi connectivity index (χ1) is 8.00. The molecule has 1 heterocycles. The number of nitrogens with one attached hydrogen (secondary N) is 2. The highest BCUT2D eigenvalue weighted by Crippen LogP contribution is 2.03. The molecule has 17 heavy (non-hydrogen) atoms. The summed E-state index contributed by atoms with van der Waals surface area (Å²) in [7, 11) is 0. The average Bonchev–Trinajstić information content (AvgIpc) is 2.26. The number of ether oxygens (including phenoxy) is 1. The third-order valence-electron chi connectivity index (χ3n) is 2.72. The number of nitrogens with two attached hydrogens (primary N) is 1. The van der Waals surface area contributed by atoms with Crippen molar-refractivity contribution in [3.63, 3.8) is 0 Å². The molecule has 1 fully saturated rings. The van der Waals surface area contributed by atoms with E-state index in [2.05, 4.69) is 10.6 Å². The molecule has 98 valence electrons. The monoisotopic (exact) mass is 243 g/mol. The number of hydrogen-bond acceptors (Lipinski definition) is 4. The number of morpholine rings is 1. The van der Waals surface area contributed by atoms with Gasteiger partial charge in [0.25, 0.3) is 0 Å².